The van der Waals surface area contributed by atoms with Crippen molar-refractivity contribution in [1.82, 2.24) is 5.32 Å². The lowest BCUT2D eigenvalue weighted by Crippen LogP contribution is -2.45. The zero-order valence-electron chi connectivity index (χ0n) is 13.6. The van der Waals surface area contributed by atoms with Crippen LogP contribution in [0.15, 0.2) is 0 Å². The average molecular weight is 295 g/mol. The first kappa shape index (κ1) is 16.3. The van der Waals surface area contributed by atoms with Crippen LogP contribution in [0.4, 0.5) is 4.79 Å². The average Bonchev–Trinajstić information content (AvgIpc) is 2.41. The summed E-state index contributed by atoms with van der Waals surface area (Å²) in [5, 5.41) is 2.78. The van der Waals surface area contributed by atoms with E-state index in [1.807, 2.05) is 0 Å². The summed E-state index contributed by atoms with van der Waals surface area (Å²) in [6, 6.07) is -0.329. The molecule has 2 aliphatic carbocycles. The number of carbonyl (C=O) groups is 2. The van der Waals surface area contributed by atoms with Gasteiger partial charge in [0.1, 0.15) is 6.10 Å². The van der Waals surface area contributed by atoms with Crippen molar-refractivity contribution in [3.05, 3.63) is 0 Å². The fourth-order valence-corrected chi connectivity index (χ4v) is 3.70. The van der Waals surface area contributed by atoms with Crippen molar-refractivity contribution in [1.29, 1.82) is 0 Å². The van der Waals surface area contributed by atoms with Crippen LogP contribution in [-0.4, -0.2) is 24.0 Å². The summed E-state index contributed by atoms with van der Waals surface area (Å²) in [4.78, 5) is 23.9. The van der Waals surface area contributed by atoms with Crippen LogP contribution < -0.4 is 5.32 Å². The summed E-state index contributed by atoms with van der Waals surface area (Å²) < 4.78 is 5.68. The maximum atomic E-state index is 12.1. The number of amides is 1. The highest BCUT2D eigenvalue weighted by Crippen LogP contribution is 2.35. The minimum Gasteiger partial charge on any atom is -0.446 e. The van der Waals surface area contributed by atoms with Crippen LogP contribution in [0.2, 0.25) is 0 Å². The second-order valence-corrected chi connectivity index (χ2v) is 7.18. The van der Waals surface area contributed by atoms with E-state index in [9.17, 15) is 9.59 Å². The van der Waals surface area contributed by atoms with Gasteiger partial charge in [0.15, 0.2) is 5.78 Å². The van der Waals surface area contributed by atoms with Crippen LogP contribution in [-0.2, 0) is 9.53 Å². The highest BCUT2D eigenvalue weighted by molar-refractivity contribution is 5.87. The topological polar surface area (TPSA) is 55.4 Å². The second-order valence-electron chi connectivity index (χ2n) is 7.18. The van der Waals surface area contributed by atoms with E-state index in [4.69, 9.17) is 4.74 Å². The fraction of sp³-hybridized carbons (Fsp3) is 0.882. The first-order valence-electron chi connectivity index (χ1n) is 8.47. The zero-order chi connectivity index (χ0) is 15.4. The maximum Gasteiger partial charge on any atom is 0.408 e. The Morgan fingerprint density at radius 1 is 1.24 bits per heavy atom. The van der Waals surface area contributed by atoms with Gasteiger partial charge in [0.2, 0.25) is 0 Å². The lowest BCUT2D eigenvalue weighted by molar-refractivity contribution is -0.122. The van der Waals surface area contributed by atoms with Gasteiger partial charge in [0.05, 0.1) is 6.04 Å². The molecule has 1 N–H and O–H groups in total. The van der Waals surface area contributed by atoms with Gasteiger partial charge >= 0.3 is 6.09 Å². The lowest BCUT2D eigenvalue weighted by atomic mass is 9.75. The predicted molar refractivity (Wildman–Crippen MR) is 82.0 cm³/mol. The smallest absolute Gasteiger partial charge is 0.408 e. The monoisotopic (exact) mass is 295 g/mol. The first-order valence-corrected chi connectivity index (χ1v) is 8.47. The first-order chi connectivity index (χ1) is 9.97. The van der Waals surface area contributed by atoms with E-state index in [1.165, 1.54) is 6.42 Å². The molecule has 0 aromatic heterocycles. The minimum atomic E-state index is -0.403. The van der Waals surface area contributed by atoms with Crippen LogP contribution in [0.3, 0.4) is 0 Å². The summed E-state index contributed by atoms with van der Waals surface area (Å²) in [6.07, 6.45) is 6.16. The van der Waals surface area contributed by atoms with Gasteiger partial charge in [0.25, 0.3) is 0 Å². The van der Waals surface area contributed by atoms with Gasteiger partial charge in [-0.3, -0.25) is 4.79 Å². The van der Waals surface area contributed by atoms with Crippen molar-refractivity contribution in [2.24, 2.45) is 17.8 Å². The van der Waals surface area contributed by atoms with E-state index in [2.05, 4.69) is 26.1 Å². The fourth-order valence-electron chi connectivity index (χ4n) is 3.70. The molecular weight excluding hydrogens is 266 g/mol. The minimum absolute atomic E-state index is 0.00700. The van der Waals surface area contributed by atoms with Crippen LogP contribution in [0, 0.1) is 17.8 Å². The number of Topliss-reactive ketones (excluding diaryl/α,β-unsaturated/α-hetero) is 1. The molecule has 2 fully saturated rings. The third kappa shape index (κ3) is 4.45. The molecule has 2 aliphatic rings. The molecule has 0 spiro atoms. The van der Waals surface area contributed by atoms with Gasteiger partial charge in [-0.1, -0.05) is 33.6 Å². The van der Waals surface area contributed by atoms with Crippen molar-refractivity contribution < 1.29 is 14.3 Å². The molecule has 21 heavy (non-hydrogen) atoms. The molecule has 120 valence electrons. The highest BCUT2D eigenvalue weighted by Gasteiger charge is 2.34. The summed E-state index contributed by atoms with van der Waals surface area (Å²) in [7, 11) is 0. The largest absolute Gasteiger partial charge is 0.446 e. The Labute approximate surface area is 128 Å². The van der Waals surface area contributed by atoms with Crippen LogP contribution in [0.5, 0.6) is 0 Å². The Bertz CT molecular complexity index is 380. The third-order valence-electron chi connectivity index (χ3n) is 5.07. The van der Waals surface area contributed by atoms with Crippen LogP contribution >= 0.6 is 0 Å². The second kappa shape index (κ2) is 7.28. The van der Waals surface area contributed by atoms with Gasteiger partial charge in [-0.2, -0.15) is 0 Å². The van der Waals surface area contributed by atoms with Gasteiger partial charge < -0.3 is 10.1 Å². The number of ketones is 1. The molecule has 0 aromatic rings. The molecule has 1 amide bonds. The molecule has 0 radical (unpaired) electrons. The molecule has 2 saturated carbocycles. The number of rotatable bonds is 3. The Balaban J connectivity index is 1.88. The summed E-state index contributed by atoms with van der Waals surface area (Å²) >= 11 is 0. The Morgan fingerprint density at radius 2 is 2.00 bits per heavy atom. The molecule has 0 bridgehead atoms. The normalized spacial score (nSPS) is 33.8. The Kier molecular flexibility index (Phi) is 5.65. The number of ether oxygens (including phenoxy) is 1. The predicted octanol–water partition coefficient (Wildman–Crippen LogP) is 3.69. The molecule has 0 heterocycles. The van der Waals surface area contributed by atoms with Gasteiger partial charge in [-0.05, 0) is 43.4 Å². The van der Waals surface area contributed by atoms with Crippen LogP contribution in [0.25, 0.3) is 0 Å². The van der Waals surface area contributed by atoms with E-state index in [0.717, 1.165) is 32.1 Å². The van der Waals surface area contributed by atoms with Crippen molar-refractivity contribution in [2.75, 3.05) is 0 Å². The standard InChI is InChI=1S/C17H29NO3/c1-11(2)13-9-8-12(3)10-16(13)21-17(20)18-14-6-4-5-7-15(14)19/h11-14,16H,4-10H2,1-3H3,(H,18,20). The van der Waals surface area contributed by atoms with Crippen LogP contribution in [0.1, 0.15) is 65.7 Å². The highest BCUT2D eigenvalue weighted by atomic mass is 16.6. The number of nitrogens with one attached hydrogen (secondary N) is 1. The molecule has 4 nitrogen and oxygen atoms in total. The van der Waals surface area contributed by atoms with Gasteiger partial charge in [-0.15, -0.1) is 0 Å². The summed E-state index contributed by atoms with van der Waals surface area (Å²) in [6.45, 7) is 6.61. The van der Waals surface area contributed by atoms with Gasteiger partial charge in [0, 0.05) is 6.42 Å². The summed E-state index contributed by atoms with van der Waals surface area (Å²) in [5.74, 6) is 1.71. The number of hydrogen-bond donors (Lipinski definition) is 1. The van der Waals surface area contributed by atoms with Crippen molar-refractivity contribution in [2.45, 2.75) is 77.9 Å². The molecule has 4 heteroatoms. The van der Waals surface area contributed by atoms with Crippen molar-refractivity contribution in [3.63, 3.8) is 0 Å². The SMILES string of the molecule is CC1CCC(C(C)C)C(OC(=O)NC2CCCCC2=O)C1. The van der Waals surface area contributed by atoms with Gasteiger partial charge in [-0.25, -0.2) is 4.79 Å². The van der Waals surface area contributed by atoms with E-state index in [1.54, 1.807) is 0 Å². The van der Waals surface area contributed by atoms with E-state index in [0.29, 0.717) is 24.2 Å². The zero-order valence-corrected chi connectivity index (χ0v) is 13.6. The molecule has 0 aliphatic heterocycles. The van der Waals surface area contributed by atoms with Crippen molar-refractivity contribution >= 4 is 11.9 Å². The van der Waals surface area contributed by atoms with Crippen molar-refractivity contribution in [3.8, 4) is 0 Å². The number of hydrogen-bond acceptors (Lipinski definition) is 3. The number of alkyl carbamates (subject to hydrolysis) is 1. The Morgan fingerprint density at radius 3 is 2.67 bits per heavy atom. The summed E-state index contributed by atoms with van der Waals surface area (Å²) in [5.41, 5.74) is 0. The van der Waals surface area contributed by atoms with E-state index >= 15 is 0 Å². The third-order valence-corrected chi connectivity index (χ3v) is 5.07. The molecule has 4 unspecified atom stereocenters. The van der Waals surface area contributed by atoms with E-state index in [-0.39, 0.29) is 17.9 Å². The molecule has 4 atom stereocenters. The molecule has 0 saturated heterocycles. The quantitative estimate of drug-likeness (QED) is 0.864. The van der Waals surface area contributed by atoms with E-state index < -0.39 is 6.09 Å². The Hall–Kier alpha value is -1.06. The lowest BCUT2D eigenvalue weighted by Gasteiger charge is -2.37. The molecule has 0 aromatic carbocycles. The maximum absolute atomic E-state index is 12.1. The molecular formula is C17H29NO3. The number of carbonyl (C=O) groups excluding carboxylic acids is 2. The molecule has 2 rings (SSSR count).